The summed E-state index contributed by atoms with van der Waals surface area (Å²) >= 11 is 6.42. The average molecular weight is 374 g/mol. The van der Waals surface area contributed by atoms with Crippen LogP contribution in [0.5, 0.6) is 0 Å². The zero-order valence-corrected chi connectivity index (χ0v) is 12.1. The van der Waals surface area contributed by atoms with Crippen molar-refractivity contribution in [2.45, 2.75) is 0 Å². The van der Waals surface area contributed by atoms with Gasteiger partial charge in [-0.15, -0.1) is 0 Å². The van der Waals surface area contributed by atoms with Crippen LogP contribution < -0.4 is 5.32 Å². The molecule has 0 radical (unpaired) electrons. The van der Waals surface area contributed by atoms with E-state index in [-0.39, 0.29) is 11.7 Å². The predicted molar refractivity (Wildman–Crippen MR) is 74.0 cm³/mol. The highest BCUT2D eigenvalue weighted by Gasteiger charge is 2.10. The highest BCUT2D eigenvalue weighted by molar-refractivity contribution is 9.10. The predicted octanol–water partition coefficient (Wildman–Crippen LogP) is 4.00. The minimum Gasteiger partial charge on any atom is -0.306 e. The molecule has 0 saturated heterocycles. The quantitative estimate of drug-likeness (QED) is 0.864. The van der Waals surface area contributed by atoms with Gasteiger partial charge in [0, 0.05) is 10.0 Å². The molecule has 0 aliphatic rings. The second kappa shape index (κ2) is 5.58. The Morgan fingerprint density at radius 3 is 2.72 bits per heavy atom. The van der Waals surface area contributed by atoms with Gasteiger partial charge in [0.15, 0.2) is 0 Å². The Labute approximate surface area is 120 Å². The third-order valence-electron chi connectivity index (χ3n) is 2.13. The summed E-state index contributed by atoms with van der Waals surface area (Å²) in [5.74, 6) is -0.500. The number of amides is 1. The van der Waals surface area contributed by atoms with Gasteiger partial charge in [-0.2, -0.15) is 0 Å². The zero-order valence-electron chi connectivity index (χ0n) is 8.95. The number of carbonyl (C=O) groups excluding carboxylic acids is 1. The van der Waals surface area contributed by atoms with E-state index in [0.29, 0.717) is 10.0 Å². The summed E-state index contributed by atoms with van der Waals surface area (Å²) < 4.78 is 14.1. The smallest absolute Gasteiger partial charge is 0.256 e. The molecule has 1 heterocycles. The van der Waals surface area contributed by atoms with Crippen molar-refractivity contribution in [1.82, 2.24) is 4.98 Å². The van der Waals surface area contributed by atoms with Gasteiger partial charge in [-0.25, -0.2) is 9.37 Å². The van der Waals surface area contributed by atoms with Crippen LogP contribution in [0.25, 0.3) is 0 Å². The fraction of sp³-hybridized carbons (Fsp3) is 0. The summed E-state index contributed by atoms with van der Waals surface area (Å²) in [4.78, 5) is 15.7. The number of rotatable bonds is 2. The molecule has 6 heteroatoms. The lowest BCUT2D eigenvalue weighted by molar-refractivity contribution is 0.102. The molecule has 0 spiro atoms. The van der Waals surface area contributed by atoms with E-state index < -0.39 is 5.82 Å². The molecule has 2 rings (SSSR count). The summed E-state index contributed by atoms with van der Waals surface area (Å²) in [5.41, 5.74) is 0.488. The molecule has 18 heavy (non-hydrogen) atoms. The van der Waals surface area contributed by atoms with E-state index in [1.165, 1.54) is 6.07 Å². The molecule has 0 bridgehead atoms. The van der Waals surface area contributed by atoms with Crippen LogP contribution in [0.3, 0.4) is 0 Å². The number of pyridine rings is 1. The Bertz CT molecular complexity index is 604. The molecular formula is C12H7Br2FN2O. The lowest BCUT2D eigenvalue weighted by Gasteiger charge is -2.06. The van der Waals surface area contributed by atoms with Crippen LogP contribution in [0.1, 0.15) is 10.4 Å². The number of halogens is 3. The van der Waals surface area contributed by atoms with Crippen molar-refractivity contribution >= 4 is 43.6 Å². The first-order chi connectivity index (χ1) is 8.56. The van der Waals surface area contributed by atoms with Crippen molar-refractivity contribution < 1.29 is 9.18 Å². The normalized spacial score (nSPS) is 10.2. The summed E-state index contributed by atoms with van der Waals surface area (Å²) in [6.45, 7) is 0. The van der Waals surface area contributed by atoms with Crippen LogP contribution in [-0.2, 0) is 0 Å². The van der Waals surface area contributed by atoms with Crippen LogP contribution in [0.15, 0.2) is 45.5 Å². The van der Waals surface area contributed by atoms with Gasteiger partial charge in [-0.3, -0.25) is 4.79 Å². The molecule has 2 aromatic rings. The van der Waals surface area contributed by atoms with Crippen molar-refractivity contribution in [2.75, 3.05) is 5.32 Å². The molecule has 0 saturated carbocycles. The lowest BCUT2D eigenvalue weighted by atomic mass is 10.2. The van der Waals surface area contributed by atoms with Crippen molar-refractivity contribution in [3.8, 4) is 0 Å². The van der Waals surface area contributed by atoms with Crippen LogP contribution >= 0.6 is 31.9 Å². The Morgan fingerprint density at radius 1 is 1.28 bits per heavy atom. The van der Waals surface area contributed by atoms with Crippen molar-refractivity contribution in [2.24, 2.45) is 0 Å². The maximum absolute atomic E-state index is 12.8. The van der Waals surface area contributed by atoms with Gasteiger partial charge >= 0.3 is 0 Å². The Kier molecular flexibility index (Phi) is 4.08. The molecule has 0 aliphatic carbocycles. The molecule has 0 aliphatic heterocycles. The summed E-state index contributed by atoms with van der Waals surface area (Å²) in [5, 5.41) is 2.60. The van der Waals surface area contributed by atoms with Gasteiger partial charge in [0.1, 0.15) is 11.6 Å². The van der Waals surface area contributed by atoms with Crippen LogP contribution in [-0.4, -0.2) is 10.9 Å². The molecule has 92 valence electrons. The van der Waals surface area contributed by atoms with Crippen LogP contribution in [0.4, 0.5) is 10.2 Å². The average Bonchev–Trinajstić information content (AvgIpc) is 2.32. The van der Waals surface area contributed by atoms with Gasteiger partial charge in [0.05, 0.1) is 10.7 Å². The van der Waals surface area contributed by atoms with E-state index in [4.69, 9.17) is 0 Å². The number of aromatic nitrogens is 1. The molecule has 0 atom stereocenters. The third kappa shape index (κ3) is 3.14. The highest BCUT2D eigenvalue weighted by atomic mass is 79.9. The first kappa shape index (κ1) is 13.2. The SMILES string of the molecule is O=C(Nc1ncc(F)cc1Br)c1cccc(Br)c1. The van der Waals surface area contributed by atoms with E-state index in [9.17, 15) is 9.18 Å². The summed E-state index contributed by atoms with van der Waals surface area (Å²) in [6, 6.07) is 8.18. The second-order valence-corrected chi connectivity index (χ2v) is 5.22. The van der Waals surface area contributed by atoms with Crippen molar-refractivity contribution in [3.63, 3.8) is 0 Å². The number of nitrogens with zero attached hydrogens (tertiary/aromatic N) is 1. The van der Waals surface area contributed by atoms with Gasteiger partial charge in [-0.1, -0.05) is 22.0 Å². The fourth-order valence-corrected chi connectivity index (χ4v) is 2.14. The van der Waals surface area contributed by atoms with E-state index in [1.807, 2.05) is 6.07 Å². The molecule has 1 N–H and O–H groups in total. The van der Waals surface area contributed by atoms with E-state index >= 15 is 0 Å². The largest absolute Gasteiger partial charge is 0.306 e. The van der Waals surface area contributed by atoms with Crippen LogP contribution in [0.2, 0.25) is 0 Å². The van der Waals surface area contributed by atoms with Gasteiger partial charge < -0.3 is 5.32 Å². The van der Waals surface area contributed by atoms with Crippen LogP contribution in [0, 0.1) is 5.82 Å². The van der Waals surface area contributed by atoms with E-state index in [2.05, 4.69) is 42.2 Å². The van der Waals surface area contributed by atoms with E-state index in [1.54, 1.807) is 18.2 Å². The highest BCUT2D eigenvalue weighted by Crippen LogP contribution is 2.21. The minimum absolute atomic E-state index is 0.279. The molecule has 0 unspecified atom stereocenters. The summed E-state index contributed by atoms with van der Waals surface area (Å²) in [7, 11) is 0. The number of hydrogen-bond acceptors (Lipinski definition) is 2. The maximum Gasteiger partial charge on any atom is 0.256 e. The minimum atomic E-state index is -0.470. The molecule has 1 aromatic carbocycles. The van der Waals surface area contributed by atoms with Crippen molar-refractivity contribution in [3.05, 3.63) is 56.9 Å². The summed E-state index contributed by atoms with van der Waals surface area (Å²) in [6.07, 6.45) is 1.04. The van der Waals surface area contributed by atoms with Gasteiger partial charge in [0.25, 0.3) is 5.91 Å². The maximum atomic E-state index is 12.8. The number of hydrogen-bond donors (Lipinski definition) is 1. The Hall–Kier alpha value is -1.27. The van der Waals surface area contributed by atoms with E-state index in [0.717, 1.165) is 10.7 Å². The third-order valence-corrected chi connectivity index (χ3v) is 3.22. The lowest BCUT2D eigenvalue weighted by Crippen LogP contribution is -2.13. The molecular weight excluding hydrogens is 367 g/mol. The van der Waals surface area contributed by atoms with Gasteiger partial charge in [0.2, 0.25) is 0 Å². The first-order valence-corrected chi connectivity index (χ1v) is 6.53. The number of anilines is 1. The monoisotopic (exact) mass is 372 g/mol. The Morgan fingerprint density at radius 2 is 2.06 bits per heavy atom. The Balaban J connectivity index is 2.21. The zero-order chi connectivity index (χ0) is 13.1. The number of nitrogens with one attached hydrogen (secondary N) is 1. The molecule has 0 fully saturated rings. The second-order valence-electron chi connectivity index (χ2n) is 3.45. The molecule has 3 nitrogen and oxygen atoms in total. The first-order valence-electron chi connectivity index (χ1n) is 4.94. The fourth-order valence-electron chi connectivity index (χ4n) is 1.32. The van der Waals surface area contributed by atoms with Gasteiger partial charge in [-0.05, 0) is 40.2 Å². The topological polar surface area (TPSA) is 42.0 Å². The standard InChI is InChI=1S/C12H7Br2FN2O/c13-8-3-1-2-7(4-8)12(18)17-11-10(14)5-9(15)6-16-11/h1-6H,(H,16,17,18). The van der Waals surface area contributed by atoms with Crippen molar-refractivity contribution in [1.29, 1.82) is 0 Å². The number of carbonyl (C=O) groups is 1. The molecule has 1 amide bonds. The molecule has 1 aromatic heterocycles. The number of benzene rings is 1.